The molecule has 13 heavy (non-hydrogen) atoms. The number of halogens is 4. The lowest BCUT2D eigenvalue weighted by atomic mass is 10.3. The third-order valence-electron chi connectivity index (χ3n) is 1.25. The summed E-state index contributed by atoms with van der Waals surface area (Å²) in [7, 11) is 0. The lowest BCUT2D eigenvalue weighted by molar-refractivity contribution is 0.563. The summed E-state index contributed by atoms with van der Waals surface area (Å²) in [5, 5.41) is 0. The molecule has 1 rings (SSSR count). The van der Waals surface area contributed by atoms with Crippen molar-refractivity contribution < 1.29 is 13.6 Å². The van der Waals surface area contributed by atoms with Gasteiger partial charge in [-0.2, -0.15) is 4.99 Å². The van der Waals surface area contributed by atoms with Crippen LogP contribution >= 0.6 is 38.5 Å². The number of carbonyl (C=O) groups excluding carboxylic acids is 1. The van der Waals surface area contributed by atoms with Crippen LogP contribution in [0.5, 0.6) is 0 Å². The van der Waals surface area contributed by atoms with Gasteiger partial charge in [0.2, 0.25) is 6.08 Å². The predicted octanol–water partition coefficient (Wildman–Crippen LogP) is 3.30. The number of hydrogen-bond acceptors (Lipinski definition) is 2. The van der Waals surface area contributed by atoms with Gasteiger partial charge in [-0.1, -0.05) is 0 Å². The number of benzene rings is 1. The van der Waals surface area contributed by atoms with Crippen molar-refractivity contribution in [3.63, 3.8) is 0 Å². The molecule has 0 aromatic heterocycles. The fraction of sp³-hybridized carbons (Fsp3) is 0. The maximum atomic E-state index is 13.1. The van der Waals surface area contributed by atoms with Crippen LogP contribution in [0.4, 0.5) is 14.5 Å². The van der Waals surface area contributed by atoms with Crippen molar-refractivity contribution in [1.82, 2.24) is 0 Å². The summed E-state index contributed by atoms with van der Waals surface area (Å²) in [5.41, 5.74) is -0.0613. The first-order chi connectivity index (χ1) is 6.07. The highest BCUT2D eigenvalue weighted by Gasteiger charge is 2.14. The summed E-state index contributed by atoms with van der Waals surface area (Å²) in [6.07, 6.45) is 1.22. The Kier molecular flexibility index (Phi) is 3.52. The van der Waals surface area contributed by atoms with Crippen molar-refractivity contribution >= 4 is 50.3 Å². The molecule has 2 nitrogen and oxygen atoms in total. The number of hydrogen-bond donors (Lipinski definition) is 0. The summed E-state index contributed by atoms with van der Waals surface area (Å²) in [6, 6.07) is 0.958. The van der Waals surface area contributed by atoms with Gasteiger partial charge in [0.15, 0.2) is 5.82 Å². The molecule has 0 atom stereocenters. The molecular formula is C7HBrF2INO. The van der Waals surface area contributed by atoms with Crippen LogP contribution in [0.15, 0.2) is 15.5 Å². The average molecular weight is 360 g/mol. The van der Waals surface area contributed by atoms with Crippen LogP contribution in [-0.4, -0.2) is 6.08 Å². The zero-order valence-electron chi connectivity index (χ0n) is 5.94. The fourth-order valence-electron chi connectivity index (χ4n) is 0.691. The van der Waals surface area contributed by atoms with Crippen LogP contribution < -0.4 is 0 Å². The summed E-state index contributed by atoms with van der Waals surface area (Å²) in [5.74, 6) is -1.57. The monoisotopic (exact) mass is 359 g/mol. The van der Waals surface area contributed by atoms with E-state index in [-0.39, 0.29) is 13.7 Å². The van der Waals surface area contributed by atoms with E-state index < -0.39 is 11.6 Å². The summed E-state index contributed by atoms with van der Waals surface area (Å²) in [4.78, 5) is 13.0. The third-order valence-corrected chi connectivity index (χ3v) is 3.00. The van der Waals surface area contributed by atoms with Gasteiger partial charge in [-0.25, -0.2) is 13.6 Å². The Balaban J connectivity index is 3.49. The van der Waals surface area contributed by atoms with Crippen molar-refractivity contribution in [2.45, 2.75) is 0 Å². The molecule has 1 aromatic carbocycles. The smallest absolute Gasteiger partial charge is 0.211 e. The van der Waals surface area contributed by atoms with E-state index in [0.29, 0.717) is 0 Å². The highest BCUT2D eigenvalue weighted by Crippen LogP contribution is 2.31. The molecule has 0 N–H and O–H groups in total. The van der Waals surface area contributed by atoms with E-state index in [1.807, 2.05) is 0 Å². The number of isocyanates is 1. The van der Waals surface area contributed by atoms with Gasteiger partial charge in [0.05, 0.1) is 13.7 Å². The van der Waals surface area contributed by atoms with E-state index in [1.54, 1.807) is 22.6 Å². The summed E-state index contributed by atoms with van der Waals surface area (Å²) < 4.78 is 25.8. The van der Waals surface area contributed by atoms with E-state index >= 15 is 0 Å². The molecule has 0 heterocycles. The highest BCUT2D eigenvalue weighted by molar-refractivity contribution is 14.1. The molecule has 0 aliphatic rings. The maximum absolute atomic E-state index is 13.1. The molecule has 0 fully saturated rings. The second-order valence-corrected chi connectivity index (χ2v) is 3.89. The molecule has 6 heteroatoms. The van der Waals surface area contributed by atoms with E-state index in [0.717, 1.165) is 6.07 Å². The molecule has 0 unspecified atom stereocenters. The molecule has 68 valence electrons. The minimum absolute atomic E-state index is 0.0613. The first-order valence-electron chi connectivity index (χ1n) is 2.98. The van der Waals surface area contributed by atoms with Gasteiger partial charge in [-0.3, -0.25) is 0 Å². The SMILES string of the molecule is O=C=Nc1cc(F)c(Br)c(F)c1I. The summed E-state index contributed by atoms with van der Waals surface area (Å²) in [6.45, 7) is 0. The first kappa shape index (κ1) is 10.7. The Hall–Kier alpha value is -0.330. The molecule has 0 amide bonds. The second-order valence-electron chi connectivity index (χ2n) is 2.02. The molecule has 0 radical (unpaired) electrons. The van der Waals surface area contributed by atoms with Crippen LogP contribution in [0, 0.1) is 15.2 Å². The lowest BCUT2D eigenvalue weighted by Gasteiger charge is -2.01. The minimum Gasteiger partial charge on any atom is -0.211 e. The Labute approximate surface area is 94.3 Å². The number of nitrogens with zero attached hydrogens (tertiary/aromatic N) is 1. The lowest BCUT2D eigenvalue weighted by Crippen LogP contribution is -1.89. The molecule has 0 bridgehead atoms. The van der Waals surface area contributed by atoms with Crippen molar-refractivity contribution in [2.75, 3.05) is 0 Å². The number of aliphatic imine (C=N–C) groups is 1. The Morgan fingerprint density at radius 1 is 1.54 bits per heavy atom. The molecule has 0 spiro atoms. The predicted molar refractivity (Wildman–Crippen MR) is 54.6 cm³/mol. The summed E-state index contributed by atoms with van der Waals surface area (Å²) >= 11 is 4.35. The molecule has 0 saturated heterocycles. The average Bonchev–Trinajstić information content (AvgIpc) is 2.11. The van der Waals surface area contributed by atoms with Crippen molar-refractivity contribution in [2.24, 2.45) is 4.99 Å². The van der Waals surface area contributed by atoms with Crippen LogP contribution in [-0.2, 0) is 4.79 Å². The van der Waals surface area contributed by atoms with Gasteiger partial charge < -0.3 is 0 Å². The molecule has 0 aliphatic carbocycles. The van der Waals surface area contributed by atoms with Gasteiger partial charge in [0, 0.05) is 6.07 Å². The molecule has 0 aliphatic heterocycles. The van der Waals surface area contributed by atoms with Crippen molar-refractivity contribution in [3.05, 3.63) is 25.7 Å². The van der Waals surface area contributed by atoms with Crippen LogP contribution in [0.25, 0.3) is 0 Å². The Bertz CT molecular complexity index is 404. The quantitative estimate of drug-likeness (QED) is 0.249. The van der Waals surface area contributed by atoms with E-state index in [9.17, 15) is 13.6 Å². The first-order valence-corrected chi connectivity index (χ1v) is 4.86. The van der Waals surface area contributed by atoms with E-state index in [2.05, 4.69) is 20.9 Å². The number of rotatable bonds is 1. The molecule has 1 aromatic rings. The molecular weight excluding hydrogens is 359 g/mol. The van der Waals surface area contributed by atoms with Gasteiger partial charge >= 0.3 is 0 Å². The fourth-order valence-corrected chi connectivity index (χ4v) is 1.92. The van der Waals surface area contributed by atoms with Crippen molar-refractivity contribution in [3.8, 4) is 0 Å². The zero-order chi connectivity index (χ0) is 10.0. The minimum atomic E-state index is -0.799. The van der Waals surface area contributed by atoms with Gasteiger partial charge in [0.1, 0.15) is 5.82 Å². The Morgan fingerprint density at radius 2 is 2.15 bits per heavy atom. The second kappa shape index (κ2) is 4.26. The zero-order valence-corrected chi connectivity index (χ0v) is 9.69. The normalized spacial score (nSPS) is 9.54. The molecule has 0 saturated carbocycles. The standard InChI is InChI=1S/C7HBrF2INO/c8-5-3(9)1-4(12-2-13)7(11)6(5)10/h1H. The van der Waals surface area contributed by atoms with Crippen molar-refractivity contribution in [1.29, 1.82) is 0 Å². The maximum Gasteiger partial charge on any atom is 0.240 e. The van der Waals surface area contributed by atoms with Gasteiger partial charge in [-0.15, -0.1) is 0 Å². The largest absolute Gasteiger partial charge is 0.240 e. The van der Waals surface area contributed by atoms with Crippen LogP contribution in [0.3, 0.4) is 0 Å². The van der Waals surface area contributed by atoms with Crippen LogP contribution in [0.1, 0.15) is 0 Å². The van der Waals surface area contributed by atoms with E-state index in [1.165, 1.54) is 6.08 Å². The van der Waals surface area contributed by atoms with E-state index in [4.69, 9.17) is 0 Å². The van der Waals surface area contributed by atoms with Crippen LogP contribution in [0.2, 0.25) is 0 Å². The van der Waals surface area contributed by atoms with Gasteiger partial charge in [0.25, 0.3) is 0 Å². The third kappa shape index (κ3) is 2.12. The topological polar surface area (TPSA) is 29.4 Å². The Morgan fingerprint density at radius 3 is 2.69 bits per heavy atom. The van der Waals surface area contributed by atoms with Gasteiger partial charge in [-0.05, 0) is 38.5 Å². The highest BCUT2D eigenvalue weighted by atomic mass is 127.